The van der Waals surface area contributed by atoms with Crippen molar-refractivity contribution in [3.8, 4) is 66.0 Å². The molecule has 1 aliphatic heterocycles. The van der Waals surface area contributed by atoms with Crippen LogP contribution in [-0.4, -0.2) is 41.1 Å². The second-order valence-corrected chi connectivity index (χ2v) is 12.2. The summed E-state index contributed by atoms with van der Waals surface area (Å²) in [6.07, 6.45) is 9.04. The van der Waals surface area contributed by atoms with E-state index in [9.17, 15) is 9.59 Å². The number of aromatic nitrogens is 3. The average molecular weight is 628 g/mol. The average Bonchev–Trinajstić information content (AvgIpc) is 3.69. The zero-order valence-corrected chi connectivity index (χ0v) is 25.6. The van der Waals surface area contributed by atoms with E-state index in [0.717, 1.165) is 44.5 Å². The zero-order chi connectivity index (χ0) is 30.3. The van der Waals surface area contributed by atoms with Crippen molar-refractivity contribution in [2.45, 2.75) is 39.0 Å². The molecule has 224 valence electrons. The van der Waals surface area contributed by atoms with Crippen LogP contribution in [0, 0.1) is 0 Å². The second-order valence-electron chi connectivity index (χ2n) is 9.99. The number of carbonyl (C=O) groups is 2. The van der Waals surface area contributed by atoms with Crippen LogP contribution < -0.4 is 18.9 Å². The molecule has 11 heteroatoms. The summed E-state index contributed by atoms with van der Waals surface area (Å²) < 4.78 is 22.3. The molecule has 5 aromatic rings. The van der Waals surface area contributed by atoms with Gasteiger partial charge < -0.3 is 18.9 Å². The zero-order valence-electron chi connectivity index (χ0n) is 24.0. The number of fused-ring (bicyclic) bond motifs is 1. The maximum Gasteiger partial charge on any atom is 0.298 e. The lowest BCUT2D eigenvalue weighted by Crippen LogP contribution is -2.15. The minimum Gasteiger partial charge on any atom is -0.485 e. The third-order valence-electron chi connectivity index (χ3n) is 7.02. The highest BCUT2D eigenvalue weighted by atomic mass is 32.1. The predicted molar refractivity (Wildman–Crippen MR) is 170 cm³/mol. The summed E-state index contributed by atoms with van der Waals surface area (Å²) in [5.74, 6) is 2.36. The van der Waals surface area contributed by atoms with Crippen LogP contribution in [0.5, 0.6) is 23.0 Å². The lowest BCUT2D eigenvalue weighted by Gasteiger charge is -2.17. The summed E-state index contributed by atoms with van der Waals surface area (Å²) >= 11 is 3.45. The Morgan fingerprint density at radius 1 is 0.750 bits per heavy atom. The summed E-state index contributed by atoms with van der Waals surface area (Å²) in [7, 11) is 0. The van der Waals surface area contributed by atoms with Gasteiger partial charge in [0.2, 0.25) is 0 Å². The van der Waals surface area contributed by atoms with Crippen LogP contribution in [0.15, 0.2) is 60.9 Å². The van der Waals surface area contributed by atoms with Gasteiger partial charge in [-0.3, -0.25) is 19.6 Å². The Hall–Kier alpha value is -4.61. The number of nitrogens with zero attached hydrogens (tertiary/aromatic N) is 3. The molecule has 0 saturated heterocycles. The molecule has 1 aliphatic rings. The first-order valence-corrected chi connectivity index (χ1v) is 16.0. The fourth-order valence-electron chi connectivity index (χ4n) is 4.96. The Balaban J connectivity index is 1.31. The molecule has 9 nitrogen and oxygen atoms in total. The Kier molecular flexibility index (Phi) is 9.23. The summed E-state index contributed by atoms with van der Waals surface area (Å²) in [6.45, 7) is 4.04. The van der Waals surface area contributed by atoms with Gasteiger partial charge in [-0.1, -0.05) is 26.2 Å². The van der Waals surface area contributed by atoms with Crippen molar-refractivity contribution in [3.63, 3.8) is 0 Å². The topological polar surface area (TPSA) is 110 Å². The molecule has 6 heterocycles. The molecule has 5 aromatic heterocycles. The Bertz CT molecular complexity index is 1780. The molecule has 0 fully saturated rings. The fourth-order valence-corrected chi connectivity index (χ4v) is 7.30. The lowest BCUT2D eigenvalue weighted by atomic mass is 10.1. The molecule has 0 radical (unpaired) electrons. The maximum absolute atomic E-state index is 11.2. The van der Waals surface area contributed by atoms with Crippen molar-refractivity contribution in [2.75, 3.05) is 13.2 Å². The number of hydrogen-bond donors (Lipinski definition) is 0. The number of ether oxygens (including phenoxy) is 4. The van der Waals surface area contributed by atoms with E-state index in [-0.39, 0.29) is 5.75 Å². The number of unbranched alkanes of at least 4 members (excludes halogenated alkanes) is 3. The SMILES string of the molecule is CCCCCCc1sc(-c2ccc(-c3ccnc(-c4cc(OC=O)cc(-c5cc(OC=O)ccn5)n4)c3)s2)c2c1OCCO2. The van der Waals surface area contributed by atoms with E-state index in [1.165, 1.54) is 30.3 Å². The number of hydrogen-bond acceptors (Lipinski definition) is 11. The second kappa shape index (κ2) is 13.8. The molecule has 44 heavy (non-hydrogen) atoms. The minimum atomic E-state index is 0.282. The van der Waals surface area contributed by atoms with Crippen molar-refractivity contribution in [3.05, 3.63) is 65.8 Å². The van der Waals surface area contributed by atoms with Gasteiger partial charge >= 0.3 is 0 Å². The standard InChI is InChI=1S/C33H29N3O6S2/c1-2-3-4-5-6-29-31-32(40-14-13-39-31)33(44-29)30-8-7-28(43-30)21-9-11-34-24(15-21)26-17-23(42-20-38)18-27(36-26)25-16-22(41-19-37)10-12-35-25/h7-12,15-20H,2-6,13-14H2,1H3. The van der Waals surface area contributed by atoms with Crippen molar-refractivity contribution < 1.29 is 28.5 Å². The first-order chi connectivity index (χ1) is 21.7. The first kappa shape index (κ1) is 29.5. The largest absolute Gasteiger partial charge is 0.485 e. The highest BCUT2D eigenvalue weighted by molar-refractivity contribution is 7.24. The van der Waals surface area contributed by atoms with E-state index < -0.39 is 0 Å². The first-order valence-electron chi connectivity index (χ1n) is 14.3. The van der Waals surface area contributed by atoms with E-state index >= 15 is 0 Å². The molecule has 0 amide bonds. The molecule has 6 rings (SSSR count). The van der Waals surface area contributed by atoms with E-state index in [2.05, 4.69) is 29.0 Å². The van der Waals surface area contributed by atoms with Gasteiger partial charge in [-0.05, 0) is 48.7 Å². The van der Waals surface area contributed by atoms with Crippen LogP contribution in [0.25, 0.3) is 43.0 Å². The Morgan fingerprint density at radius 3 is 2.20 bits per heavy atom. The third kappa shape index (κ3) is 6.48. The lowest BCUT2D eigenvalue weighted by molar-refractivity contribution is -0.121. The number of pyridine rings is 3. The smallest absolute Gasteiger partial charge is 0.298 e. The monoisotopic (exact) mass is 627 g/mol. The highest BCUT2D eigenvalue weighted by Gasteiger charge is 2.26. The summed E-state index contributed by atoms with van der Waals surface area (Å²) in [5.41, 5.74) is 2.92. The fraction of sp³-hybridized carbons (Fsp3) is 0.242. The molecular weight excluding hydrogens is 599 g/mol. The van der Waals surface area contributed by atoms with Crippen molar-refractivity contribution >= 4 is 35.6 Å². The van der Waals surface area contributed by atoms with Crippen molar-refractivity contribution in [1.82, 2.24) is 15.0 Å². The van der Waals surface area contributed by atoms with Crippen LogP contribution >= 0.6 is 22.7 Å². The van der Waals surface area contributed by atoms with E-state index in [1.807, 2.05) is 12.1 Å². The maximum atomic E-state index is 11.2. The van der Waals surface area contributed by atoms with Crippen LogP contribution in [0.3, 0.4) is 0 Å². The van der Waals surface area contributed by atoms with Gasteiger partial charge in [0, 0.05) is 40.3 Å². The summed E-state index contributed by atoms with van der Waals surface area (Å²) in [5, 5.41) is 0. The molecule has 0 saturated carbocycles. The summed E-state index contributed by atoms with van der Waals surface area (Å²) in [6, 6.07) is 14.5. The van der Waals surface area contributed by atoms with Crippen LogP contribution in [0.2, 0.25) is 0 Å². The number of thiophene rings is 2. The van der Waals surface area contributed by atoms with Crippen molar-refractivity contribution in [2.24, 2.45) is 0 Å². The molecule has 0 aromatic carbocycles. The molecule has 0 spiro atoms. The minimum absolute atomic E-state index is 0.282. The Labute approximate surface area is 262 Å². The summed E-state index contributed by atoms with van der Waals surface area (Å²) in [4.78, 5) is 40.2. The van der Waals surface area contributed by atoms with Gasteiger partial charge in [-0.25, -0.2) is 4.98 Å². The number of rotatable bonds is 13. The van der Waals surface area contributed by atoms with Gasteiger partial charge in [0.05, 0.1) is 32.5 Å². The van der Waals surface area contributed by atoms with E-state index in [0.29, 0.717) is 54.7 Å². The molecular formula is C33H29N3O6S2. The van der Waals surface area contributed by atoms with E-state index in [4.69, 9.17) is 23.9 Å². The van der Waals surface area contributed by atoms with Gasteiger partial charge in [-0.15, -0.1) is 22.7 Å². The molecule has 0 aliphatic carbocycles. The number of carbonyl (C=O) groups excluding carboxylic acids is 2. The number of aryl methyl sites for hydroxylation is 1. The highest BCUT2D eigenvalue weighted by Crippen LogP contribution is 2.52. The van der Waals surface area contributed by atoms with Gasteiger partial charge in [0.1, 0.15) is 24.7 Å². The van der Waals surface area contributed by atoms with Crippen molar-refractivity contribution in [1.29, 1.82) is 0 Å². The van der Waals surface area contributed by atoms with Crippen LogP contribution in [-0.2, 0) is 16.0 Å². The van der Waals surface area contributed by atoms with Gasteiger partial charge in [0.15, 0.2) is 11.5 Å². The predicted octanol–water partition coefficient (Wildman–Crippen LogP) is 7.63. The molecule has 0 N–H and O–H groups in total. The van der Waals surface area contributed by atoms with Gasteiger partial charge in [-0.2, -0.15) is 0 Å². The molecule has 0 bridgehead atoms. The third-order valence-corrected chi connectivity index (χ3v) is 9.55. The molecule has 0 unspecified atom stereocenters. The Morgan fingerprint density at radius 2 is 1.43 bits per heavy atom. The van der Waals surface area contributed by atoms with Crippen LogP contribution in [0.1, 0.15) is 37.5 Å². The quantitative estimate of drug-likeness (QED) is 0.0961. The van der Waals surface area contributed by atoms with Gasteiger partial charge in [0.25, 0.3) is 12.9 Å². The molecule has 0 atom stereocenters. The van der Waals surface area contributed by atoms with Crippen LogP contribution in [0.4, 0.5) is 0 Å². The normalized spacial score (nSPS) is 12.1. The van der Waals surface area contributed by atoms with E-state index in [1.54, 1.807) is 53.1 Å².